The van der Waals surface area contributed by atoms with Crippen molar-refractivity contribution in [1.29, 1.82) is 0 Å². The van der Waals surface area contributed by atoms with E-state index in [1.807, 2.05) is 18.2 Å². The Morgan fingerprint density at radius 3 is 2.25 bits per heavy atom. The minimum absolute atomic E-state index is 0.221. The first-order chi connectivity index (χ1) is 13.7. The number of esters is 1. The highest BCUT2D eigenvalue weighted by molar-refractivity contribution is 5.89. The molecule has 152 valence electrons. The van der Waals surface area contributed by atoms with Crippen molar-refractivity contribution in [2.75, 3.05) is 7.11 Å². The molecule has 1 aliphatic heterocycles. The van der Waals surface area contributed by atoms with Gasteiger partial charge in [0.25, 0.3) is 0 Å². The zero-order valence-corrected chi connectivity index (χ0v) is 17.3. The van der Waals surface area contributed by atoms with Crippen LogP contribution in [0.4, 0.5) is 0 Å². The van der Waals surface area contributed by atoms with Gasteiger partial charge in [-0.2, -0.15) is 0 Å². The lowest BCUT2D eigenvalue weighted by Gasteiger charge is -2.35. The maximum absolute atomic E-state index is 12.5. The second kappa shape index (κ2) is 8.69. The van der Waals surface area contributed by atoms with Gasteiger partial charge in [0.2, 0.25) is 0 Å². The van der Waals surface area contributed by atoms with Crippen LogP contribution >= 0.6 is 0 Å². The number of likely N-dealkylation sites (tertiary alicyclic amines) is 1. The van der Waals surface area contributed by atoms with E-state index in [1.165, 1.54) is 58.5 Å². The normalized spacial score (nSPS) is 32.7. The van der Waals surface area contributed by atoms with Crippen LogP contribution in [0.5, 0.6) is 0 Å². The summed E-state index contributed by atoms with van der Waals surface area (Å²) in [6, 6.07) is 12.9. The minimum atomic E-state index is -0.221. The molecule has 4 atom stereocenters. The van der Waals surface area contributed by atoms with E-state index in [1.54, 1.807) is 0 Å². The van der Waals surface area contributed by atoms with Crippen molar-refractivity contribution in [3.8, 4) is 0 Å². The molecule has 4 heteroatoms. The van der Waals surface area contributed by atoms with Crippen LogP contribution in [0, 0.1) is 0 Å². The Labute approximate surface area is 169 Å². The number of ether oxygens (including phenoxy) is 1. The molecule has 3 aliphatic rings. The van der Waals surface area contributed by atoms with Crippen LogP contribution < -0.4 is 5.32 Å². The summed E-state index contributed by atoms with van der Waals surface area (Å²) in [5.74, 6) is -0.221. The third-order valence-corrected chi connectivity index (χ3v) is 6.99. The molecule has 2 saturated carbocycles. The number of allylic oxidation sites excluding steroid dienone is 1. The molecule has 1 aromatic rings. The predicted octanol–water partition coefficient (Wildman–Crippen LogP) is 4.20. The molecular weight excluding hydrogens is 348 g/mol. The Morgan fingerprint density at radius 2 is 1.61 bits per heavy atom. The summed E-state index contributed by atoms with van der Waals surface area (Å²) in [7, 11) is 1.48. The van der Waals surface area contributed by atoms with Gasteiger partial charge in [-0.05, 0) is 38.2 Å². The standard InChI is InChI=1S/C24H34N2O2/c1-17(19(24(27)28-2)16-18-10-4-3-5-11-18)25-20-12-6-7-13-21(20)26-22-14-8-9-15-23(22)26/h3-5,10-11,20-23,25H,6-9,12-16H2,1-2H3/b19-17-/t20-,21-,22?,23?,26?/m1/s1. The summed E-state index contributed by atoms with van der Waals surface area (Å²) < 4.78 is 5.11. The first kappa shape index (κ1) is 19.5. The Kier molecular flexibility index (Phi) is 6.05. The lowest BCUT2D eigenvalue weighted by molar-refractivity contribution is -0.136. The maximum Gasteiger partial charge on any atom is 0.335 e. The molecule has 4 rings (SSSR count). The SMILES string of the molecule is COC(=O)/C(Cc1ccccc1)=C(/C)N[C@@H]1CCCC[C@H]1N1C2CCCCC21. The van der Waals surface area contributed by atoms with Crippen LogP contribution in [-0.2, 0) is 16.0 Å². The molecule has 1 saturated heterocycles. The topological polar surface area (TPSA) is 41.3 Å². The highest BCUT2D eigenvalue weighted by Crippen LogP contribution is 2.45. The minimum Gasteiger partial charge on any atom is -0.466 e. The van der Waals surface area contributed by atoms with Crippen LogP contribution in [0.15, 0.2) is 41.6 Å². The number of rotatable bonds is 6. The van der Waals surface area contributed by atoms with Crippen molar-refractivity contribution in [2.24, 2.45) is 0 Å². The molecule has 2 unspecified atom stereocenters. The van der Waals surface area contributed by atoms with Gasteiger partial charge in [-0.1, -0.05) is 56.0 Å². The lowest BCUT2D eigenvalue weighted by atomic mass is 9.89. The molecule has 2 aliphatic carbocycles. The van der Waals surface area contributed by atoms with E-state index < -0.39 is 0 Å². The summed E-state index contributed by atoms with van der Waals surface area (Å²) in [6.07, 6.45) is 11.2. The fraction of sp³-hybridized carbons (Fsp3) is 0.625. The number of nitrogens with zero attached hydrogens (tertiary/aromatic N) is 1. The highest BCUT2D eigenvalue weighted by Gasteiger charge is 2.53. The number of carbonyl (C=O) groups is 1. The number of benzene rings is 1. The van der Waals surface area contributed by atoms with Gasteiger partial charge in [0.1, 0.15) is 0 Å². The van der Waals surface area contributed by atoms with Gasteiger partial charge in [-0.15, -0.1) is 0 Å². The Hall–Kier alpha value is -1.81. The van der Waals surface area contributed by atoms with E-state index in [2.05, 4.69) is 29.3 Å². The zero-order chi connectivity index (χ0) is 19.5. The molecule has 1 aromatic carbocycles. The summed E-state index contributed by atoms with van der Waals surface area (Å²) >= 11 is 0. The van der Waals surface area contributed by atoms with E-state index in [0.717, 1.165) is 28.9 Å². The molecule has 0 spiro atoms. The van der Waals surface area contributed by atoms with Gasteiger partial charge in [-0.3, -0.25) is 4.90 Å². The van der Waals surface area contributed by atoms with Gasteiger partial charge < -0.3 is 10.1 Å². The highest BCUT2D eigenvalue weighted by atomic mass is 16.5. The smallest absolute Gasteiger partial charge is 0.335 e. The molecule has 0 bridgehead atoms. The number of methoxy groups -OCH3 is 1. The van der Waals surface area contributed by atoms with Crippen molar-refractivity contribution < 1.29 is 9.53 Å². The zero-order valence-electron chi connectivity index (χ0n) is 17.3. The molecule has 1 heterocycles. The molecule has 28 heavy (non-hydrogen) atoms. The van der Waals surface area contributed by atoms with Crippen LogP contribution in [-0.4, -0.2) is 42.1 Å². The maximum atomic E-state index is 12.5. The number of hydrogen-bond donors (Lipinski definition) is 1. The first-order valence-corrected chi connectivity index (χ1v) is 11.0. The van der Waals surface area contributed by atoms with Crippen LogP contribution in [0.1, 0.15) is 63.9 Å². The molecule has 1 N–H and O–H groups in total. The van der Waals surface area contributed by atoms with Crippen LogP contribution in [0.2, 0.25) is 0 Å². The van der Waals surface area contributed by atoms with Crippen LogP contribution in [0.25, 0.3) is 0 Å². The monoisotopic (exact) mass is 382 g/mol. The van der Waals surface area contributed by atoms with Crippen LogP contribution in [0.3, 0.4) is 0 Å². The molecule has 4 nitrogen and oxygen atoms in total. The largest absolute Gasteiger partial charge is 0.466 e. The Morgan fingerprint density at radius 1 is 1.00 bits per heavy atom. The summed E-state index contributed by atoms with van der Waals surface area (Å²) in [4.78, 5) is 15.3. The van der Waals surface area contributed by atoms with E-state index in [9.17, 15) is 4.79 Å². The molecular formula is C24H34N2O2. The second-order valence-electron chi connectivity index (χ2n) is 8.73. The number of hydrogen-bond acceptors (Lipinski definition) is 4. The molecule has 0 amide bonds. The average molecular weight is 383 g/mol. The van der Waals surface area contributed by atoms with Gasteiger partial charge in [-0.25, -0.2) is 4.79 Å². The third kappa shape index (κ3) is 4.12. The van der Waals surface area contributed by atoms with Crippen molar-refractivity contribution in [3.63, 3.8) is 0 Å². The van der Waals surface area contributed by atoms with Crippen molar-refractivity contribution in [1.82, 2.24) is 10.2 Å². The van der Waals surface area contributed by atoms with Crippen molar-refractivity contribution >= 4 is 5.97 Å². The van der Waals surface area contributed by atoms with E-state index >= 15 is 0 Å². The van der Waals surface area contributed by atoms with Gasteiger partial charge in [0, 0.05) is 36.3 Å². The first-order valence-electron chi connectivity index (χ1n) is 11.0. The summed E-state index contributed by atoms with van der Waals surface area (Å²) in [5.41, 5.74) is 2.87. The molecule has 0 radical (unpaired) electrons. The van der Waals surface area contributed by atoms with E-state index in [-0.39, 0.29) is 5.97 Å². The van der Waals surface area contributed by atoms with Gasteiger partial charge in [0.05, 0.1) is 12.7 Å². The number of carbonyl (C=O) groups excluding carboxylic acids is 1. The molecule has 3 fully saturated rings. The Balaban J connectivity index is 1.50. The molecule has 0 aromatic heterocycles. The van der Waals surface area contributed by atoms with E-state index in [0.29, 0.717) is 18.5 Å². The second-order valence-corrected chi connectivity index (χ2v) is 8.73. The van der Waals surface area contributed by atoms with E-state index in [4.69, 9.17) is 4.74 Å². The van der Waals surface area contributed by atoms with Crippen molar-refractivity contribution in [2.45, 2.75) is 88.9 Å². The summed E-state index contributed by atoms with van der Waals surface area (Å²) in [6.45, 7) is 2.05. The predicted molar refractivity (Wildman–Crippen MR) is 112 cm³/mol. The lowest BCUT2D eigenvalue weighted by Crippen LogP contribution is -2.46. The van der Waals surface area contributed by atoms with Gasteiger partial charge >= 0.3 is 5.97 Å². The fourth-order valence-electron chi connectivity index (χ4n) is 5.52. The summed E-state index contributed by atoms with van der Waals surface area (Å²) in [5, 5.41) is 3.77. The van der Waals surface area contributed by atoms with Crippen molar-refractivity contribution in [3.05, 3.63) is 47.2 Å². The third-order valence-electron chi connectivity index (χ3n) is 6.99. The fourth-order valence-corrected chi connectivity index (χ4v) is 5.52. The number of fused-ring (bicyclic) bond motifs is 1. The van der Waals surface area contributed by atoms with Gasteiger partial charge in [0.15, 0.2) is 0 Å². The average Bonchev–Trinajstić information content (AvgIpc) is 3.47. The quantitative estimate of drug-likeness (QED) is 0.455. The number of nitrogens with one attached hydrogen (secondary N) is 1. The Bertz CT molecular complexity index is 703.